The molecule has 4 heterocycles. The second kappa shape index (κ2) is 8.81. The van der Waals surface area contributed by atoms with Gasteiger partial charge >= 0.3 is 5.69 Å². The van der Waals surface area contributed by atoms with Crippen LogP contribution in [0.5, 0.6) is 0 Å². The van der Waals surface area contributed by atoms with Gasteiger partial charge in [0.25, 0.3) is 5.56 Å². The SMILES string of the molecule is Cc1cncc(-n2c(=O)c(-c3ccc(F)c(Cl)c3)c(N3Cc4cccnc4C3)n(CC#N)c2=O)c1. The van der Waals surface area contributed by atoms with Crippen LogP contribution >= 0.6 is 11.6 Å². The van der Waals surface area contributed by atoms with E-state index in [4.69, 9.17) is 11.6 Å². The van der Waals surface area contributed by atoms with E-state index in [9.17, 15) is 19.2 Å². The summed E-state index contributed by atoms with van der Waals surface area (Å²) in [5, 5.41) is 9.43. The van der Waals surface area contributed by atoms with Gasteiger partial charge < -0.3 is 4.90 Å². The molecule has 1 aromatic carbocycles. The third kappa shape index (κ3) is 3.88. The highest BCUT2D eigenvalue weighted by Crippen LogP contribution is 2.34. The Morgan fingerprint density at radius 3 is 2.71 bits per heavy atom. The molecule has 0 spiro atoms. The molecule has 5 rings (SSSR count). The van der Waals surface area contributed by atoms with E-state index >= 15 is 0 Å². The van der Waals surface area contributed by atoms with Gasteiger partial charge in [-0.25, -0.2) is 13.8 Å². The van der Waals surface area contributed by atoms with Crippen LogP contribution in [0.3, 0.4) is 0 Å². The first-order chi connectivity index (χ1) is 16.9. The second-order valence-electron chi connectivity index (χ2n) is 8.18. The van der Waals surface area contributed by atoms with E-state index in [2.05, 4.69) is 9.97 Å². The minimum Gasteiger partial charge on any atom is -0.347 e. The summed E-state index contributed by atoms with van der Waals surface area (Å²) in [5.41, 5.74) is 1.89. The number of hydrogen-bond acceptors (Lipinski definition) is 6. The van der Waals surface area contributed by atoms with Gasteiger partial charge in [-0.05, 0) is 47.9 Å². The number of halogens is 2. The number of pyridine rings is 2. The number of aryl methyl sites for hydroxylation is 1. The predicted octanol–water partition coefficient (Wildman–Crippen LogP) is 3.60. The monoisotopic (exact) mass is 488 g/mol. The quantitative estimate of drug-likeness (QED) is 0.435. The summed E-state index contributed by atoms with van der Waals surface area (Å²) in [4.78, 5) is 38.0. The van der Waals surface area contributed by atoms with Gasteiger partial charge in [0.1, 0.15) is 18.2 Å². The number of fused-ring (bicyclic) bond motifs is 1. The third-order valence-corrected chi connectivity index (χ3v) is 6.15. The highest BCUT2D eigenvalue weighted by atomic mass is 35.5. The molecule has 0 fully saturated rings. The predicted molar refractivity (Wildman–Crippen MR) is 129 cm³/mol. The van der Waals surface area contributed by atoms with Gasteiger partial charge in [0.05, 0.1) is 40.8 Å². The van der Waals surface area contributed by atoms with Crippen LogP contribution in [0.1, 0.15) is 16.8 Å². The summed E-state index contributed by atoms with van der Waals surface area (Å²) in [5.74, 6) is -0.387. The van der Waals surface area contributed by atoms with Crippen LogP contribution in [0.2, 0.25) is 5.02 Å². The zero-order valence-corrected chi connectivity index (χ0v) is 19.3. The summed E-state index contributed by atoms with van der Waals surface area (Å²) >= 11 is 6.07. The standard InChI is InChI=1S/C25H18ClFN6O2/c1-15-9-18(12-29-11-15)33-24(34)22(16-4-5-20(27)19(26)10-16)23(32(8-6-28)25(33)35)31-13-17-3-2-7-30-21(17)14-31/h2-5,7,9-12H,8,13-14H2,1H3. The Morgan fingerprint density at radius 1 is 1.17 bits per heavy atom. The molecule has 0 aliphatic carbocycles. The number of anilines is 1. The van der Waals surface area contributed by atoms with Gasteiger partial charge in [-0.3, -0.25) is 19.3 Å². The molecule has 0 saturated heterocycles. The van der Waals surface area contributed by atoms with E-state index in [0.717, 1.165) is 21.4 Å². The number of nitrogens with zero attached hydrogens (tertiary/aromatic N) is 6. The zero-order valence-electron chi connectivity index (χ0n) is 18.6. The van der Waals surface area contributed by atoms with Crippen LogP contribution < -0.4 is 16.1 Å². The topological polar surface area (TPSA) is 96.8 Å². The van der Waals surface area contributed by atoms with Crippen LogP contribution in [0.4, 0.5) is 10.2 Å². The van der Waals surface area contributed by atoms with Crippen molar-refractivity contribution in [2.24, 2.45) is 0 Å². The first kappa shape index (κ1) is 22.5. The number of aromatic nitrogens is 4. The summed E-state index contributed by atoms with van der Waals surface area (Å²) in [6.07, 6.45) is 4.68. The van der Waals surface area contributed by atoms with E-state index in [1.165, 1.54) is 29.0 Å². The lowest BCUT2D eigenvalue weighted by atomic mass is 10.1. The van der Waals surface area contributed by atoms with Crippen LogP contribution in [0, 0.1) is 24.1 Å². The van der Waals surface area contributed by atoms with Crippen molar-refractivity contribution >= 4 is 17.4 Å². The number of rotatable bonds is 4. The Morgan fingerprint density at radius 2 is 2.00 bits per heavy atom. The van der Waals surface area contributed by atoms with Crippen molar-refractivity contribution in [2.45, 2.75) is 26.6 Å². The molecule has 0 bridgehead atoms. The van der Waals surface area contributed by atoms with Gasteiger partial charge in [0.15, 0.2) is 0 Å². The molecule has 1 aliphatic rings. The largest absolute Gasteiger partial charge is 0.347 e. The second-order valence-corrected chi connectivity index (χ2v) is 8.59. The van der Waals surface area contributed by atoms with E-state index in [-0.39, 0.29) is 28.6 Å². The summed E-state index contributed by atoms with van der Waals surface area (Å²) in [6, 6.07) is 11.4. The number of nitriles is 1. The highest BCUT2D eigenvalue weighted by Gasteiger charge is 2.30. The molecule has 3 aromatic heterocycles. The van der Waals surface area contributed by atoms with Gasteiger partial charge in [0, 0.05) is 18.9 Å². The van der Waals surface area contributed by atoms with E-state index in [1.807, 2.05) is 23.1 Å². The van der Waals surface area contributed by atoms with E-state index in [1.54, 1.807) is 25.4 Å². The maximum Gasteiger partial charge on any atom is 0.338 e. The van der Waals surface area contributed by atoms with Crippen LogP contribution in [-0.2, 0) is 19.6 Å². The molecule has 4 aromatic rings. The molecule has 174 valence electrons. The first-order valence-electron chi connectivity index (χ1n) is 10.7. The van der Waals surface area contributed by atoms with Crippen molar-refractivity contribution in [3.05, 3.63) is 103 Å². The average molecular weight is 489 g/mol. The Labute approximate surface area is 204 Å². The molecule has 0 amide bonds. The third-order valence-electron chi connectivity index (χ3n) is 5.86. The normalized spacial score (nSPS) is 12.5. The van der Waals surface area contributed by atoms with E-state index in [0.29, 0.717) is 18.7 Å². The number of hydrogen-bond donors (Lipinski definition) is 0. The summed E-state index contributed by atoms with van der Waals surface area (Å²) < 4.78 is 16.2. The molecule has 35 heavy (non-hydrogen) atoms. The van der Waals surface area contributed by atoms with Crippen molar-refractivity contribution < 1.29 is 4.39 Å². The molecule has 0 radical (unpaired) electrons. The Bertz CT molecular complexity index is 1610. The molecule has 10 heteroatoms. The average Bonchev–Trinajstić information content (AvgIpc) is 3.26. The molecule has 0 N–H and O–H groups in total. The Balaban J connectivity index is 1.86. The van der Waals surface area contributed by atoms with Crippen LogP contribution in [0.15, 0.2) is 64.6 Å². The molecule has 0 unspecified atom stereocenters. The number of benzene rings is 1. The van der Waals surface area contributed by atoms with E-state index < -0.39 is 17.1 Å². The van der Waals surface area contributed by atoms with Crippen molar-refractivity contribution in [3.63, 3.8) is 0 Å². The smallest absolute Gasteiger partial charge is 0.338 e. The van der Waals surface area contributed by atoms with Gasteiger partial charge in [-0.15, -0.1) is 0 Å². The molecule has 1 aliphatic heterocycles. The lowest BCUT2D eigenvalue weighted by Gasteiger charge is -2.25. The van der Waals surface area contributed by atoms with Gasteiger partial charge in [-0.1, -0.05) is 23.7 Å². The van der Waals surface area contributed by atoms with Gasteiger partial charge in [-0.2, -0.15) is 5.26 Å². The Kier molecular flexibility index (Phi) is 5.67. The van der Waals surface area contributed by atoms with Crippen molar-refractivity contribution in [2.75, 3.05) is 4.90 Å². The molecular weight excluding hydrogens is 471 g/mol. The molecule has 0 atom stereocenters. The van der Waals surface area contributed by atoms with Crippen molar-refractivity contribution in [1.29, 1.82) is 5.26 Å². The maximum absolute atomic E-state index is 14.0. The minimum atomic E-state index is -0.681. The Hall–Kier alpha value is -4.29. The lowest BCUT2D eigenvalue weighted by Crippen LogP contribution is -2.42. The minimum absolute atomic E-state index is 0.121. The first-order valence-corrected chi connectivity index (χ1v) is 11.1. The van der Waals surface area contributed by atoms with Gasteiger partial charge in [0.2, 0.25) is 0 Å². The highest BCUT2D eigenvalue weighted by molar-refractivity contribution is 6.31. The summed E-state index contributed by atoms with van der Waals surface area (Å²) in [6.45, 7) is 2.19. The maximum atomic E-state index is 14.0. The summed E-state index contributed by atoms with van der Waals surface area (Å²) in [7, 11) is 0. The molecule has 8 nitrogen and oxygen atoms in total. The molecule has 0 saturated carbocycles. The zero-order chi connectivity index (χ0) is 24.7. The lowest BCUT2D eigenvalue weighted by molar-refractivity contribution is 0.628. The molecular formula is C25H18ClFN6O2. The fraction of sp³-hybridized carbons (Fsp3) is 0.160. The fourth-order valence-electron chi connectivity index (χ4n) is 4.33. The van der Waals surface area contributed by atoms with Crippen LogP contribution in [-0.4, -0.2) is 19.1 Å². The fourth-order valence-corrected chi connectivity index (χ4v) is 4.51. The van der Waals surface area contributed by atoms with Crippen molar-refractivity contribution in [3.8, 4) is 22.9 Å². The van der Waals surface area contributed by atoms with Crippen molar-refractivity contribution in [1.82, 2.24) is 19.1 Å². The van der Waals surface area contributed by atoms with Crippen LogP contribution in [0.25, 0.3) is 16.8 Å².